The van der Waals surface area contributed by atoms with E-state index in [-0.39, 0.29) is 23.8 Å². The summed E-state index contributed by atoms with van der Waals surface area (Å²) in [7, 11) is 0. The van der Waals surface area contributed by atoms with Gasteiger partial charge in [0, 0.05) is 21.9 Å². The second-order valence-electron chi connectivity index (χ2n) is 5.55. The molecule has 0 bridgehead atoms. The molecule has 7 heteroatoms. The van der Waals surface area contributed by atoms with E-state index in [1.54, 1.807) is 43.3 Å². The molecule has 3 rings (SSSR count). The molecule has 1 aliphatic rings. The molecule has 0 radical (unpaired) electrons. The number of thioether (sulfide) groups is 1. The highest BCUT2D eigenvalue weighted by atomic mass is 35.5. The van der Waals surface area contributed by atoms with Crippen LogP contribution in [0.4, 0.5) is 5.69 Å². The number of amides is 2. The van der Waals surface area contributed by atoms with E-state index in [9.17, 15) is 19.5 Å². The van der Waals surface area contributed by atoms with Gasteiger partial charge in [0.25, 0.3) is 0 Å². The van der Waals surface area contributed by atoms with Crippen LogP contribution in [0.25, 0.3) is 0 Å². The maximum atomic E-state index is 12.7. The number of carbonyl (C=O) groups excluding carboxylic acids is 3. The van der Waals surface area contributed by atoms with Crippen molar-refractivity contribution in [2.45, 2.75) is 23.5 Å². The zero-order chi connectivity index (χ0) is 18.1. The van der Waals surface area contributed by atoms with Crippen molar-refractivity contribution in [3.8, 4) is 0 Å². The monoisotopic (exact) mass is 374 g/mol. The molecule has 5 nitrogen and oxygen atoms in total. The van der Waals surface area contributed by atoms with E-state index in [2.05, 4.69) is 0 Å². The lowest BCUT2D eigenvalue weighted by Crippen LogP contribution is -2.31. The Labute approximate surface area is 153 Å². The van der Waals surface area contributed by atoms with E-state index in [1.807, 2.05) is 0 Å². The van der Waals surface area contributed by atoms with E-state index < -0.39 is 11.2 Å². The maximum absolute atomic E-state index is 12.7. The number of benzene rings is 2. The van der Waals surface area contributed by atoms with Crippen LogP contribution in [0.15, 0.2) is 47.4 Å². The van der Waals surface area contributed by atoms with Crippen LogP contribution in [0, 0.1) is 6.92 Å². The predicted octanol–water partition coefficient (Wildman–Crippen LogP) is 2.44. The molecule has 0 saturated carbocycles. The number of hydrogen-bond donors (Lipinski definition) is 0. The van der Waals surface area contributed by atoms with E-state index in [4.69, 9.17) is 11.6 Å². The van der Waals surface area contributed by atoms with Crippen molar-refractivity contribution in [2.75, 3.05) is 4.90 Å². The van der Waals surface area contributed by atoms with Crippen LogP contribution in [0.1, 0.15) is 22.3 Å². The molecule has 2 aromatic carbocycles. The second kappa shape index (κ2) is 6.90. The summed E-state index contributed by atoms with van der Waals surface area (Å²) in [6.45, 7) is 1.74. The Kier molecular flexibility index (Phi) is 4.83. The lowest BCUT2D eigenvalue weighted by atomic mass is 10.2. The summed E-state index contributed by atoms with van der Waals surface area (Å²) in [5, 5.41) is 11.0. The van der Waals surface area contributed by atoms with Crippen molar-refractivity contribution >= 4 is 46.8 Å². The highest BCUT2D eigenvalue weighted by Crippen LogP contribution is 2.37. The third-order valence-corrected chi connectivity index (χ3v) is 5.63. The number of carbonyl (C=O) groups is 3. The predicted molar refractivity (Wildman–Crippen MR) is 93.7 cm³/mol. The Bertz CT molecular complexity index is 883. The van der Waals surface area contributed by atoms with Crippen molar-refractivity contribution in [3.63, 3.8) is 0 Å². The van der Waals surface area contributed by atoms with Gasteiger partial charge in [-0.2, -0.15) is 0 Å². The summed E-state index contributed by atoms with van der Waals surface area (Å²) in [5.74, 6) is -2.03. The topological polar surface area (TPSA) is 77.5 Å². The molecule has 0 spiro atoms. The maximum Gasteiger partial charge on any atom is 0.247 e. The Balaban J connectivity index is 1.90. The highest BCUT2D eigenvalue weighted by molar-refractivity contribution is 8.00. The molecule has 0 N–H and O–H groups in total. The molecule has 1 heterocycles. The Morgan fingerprint density at radius 2 is 1.92 bits per heavy atom. The van der Waals surface area contributed by atoms with Crippen molar-refractivity contribution < 1.29 is 19.5 Å². The van der Waals surface area contributed by atoms with Crippen molar-refractivity contribution in [1.29, 1.82) is 0 Å². The second-order valence-corrected chi connectivity index (χ2v) is 7.20. The zero-order valence-electron chi connectivity index (χ0n) is 13.2. The molecule has 0 aliphatic carbocycles. The van der Waals surface area contributed by atoms with Crippen LogP contribution in [-0.2, 0) is 9.59 Å². The Hall–Kier alpha value is -2.31. The van der Waals surface area contributed by atoms with Crippen LogP contribution in [0.3, 0.4) is 0 Å². The number of anilines is 1. The van der Waals surface area contributed by atoms with Gasteiger partial charge in [-0.05, 0) is 30.7 Å². The number of rotatable bonds is 4. The number of carboxylic acids is 1. The van der Waals surface area contributed by atoms with Gasteiger partial charge in [0.15, 0.2) is 0 Å². The SMILES string of the molecule is Cc1c(Cl)cccc1N1C(=O)C[C@@H](Sc2ccccc2C(=O)[O-])C1=O. The Morgan fingerprint density at radius 3 is 2.64 bits per heavy atom. The first kappa shape index (κ1) is 17.5. The number of aromatic carboxylic acids is 1. The fourth-order valence-corrected chi connectivity index (χ4v) is 4.02. The summed E-state index contributed by atoms with van der Waals surface area (Å²) in [4.78, 5) is 37.9. The average molecular weight is 375 g/mol. The molecule has 2 aromatic rings. The van der Waals surface area contributed by atoms with Gasteiger partial charge in [0.1, 0.15) is 0 Å². The third kappa shape index (κ3) is 3.27. The molecule has 1 fully saturated rings. The molecule has 1 aliphatic heterocycles. The first-order valence-corrected chi connectivity index (χ1v) is 8.75. The first-order valence-electron chi connectivity index (χ1n) is 7.49. The van der Waals surface area contributed by atoms with E-state index in [0.29, 0.717) is 21.2 Å². The molecule has 2 amide bonds. The van der Waals surface area contributed by atoms with Gasteiger partial charge in [-0.15, -0.1) is 11.8 Å². The average Bonchev–Trinajstić information content (AvgIpc) is 2.85. The van der Waals surface area contributed by atoms with Crippen molar-refractivity contribution in [1.82, 2.24) is 0 Å². The fraction of sp³-hybridized carbons (Fsp3) is 0.167. The van der Waals surface area contributed by atoms with Crippen LogP contribution >= 0.6 is 23.4 Å². The van der Waals surface area contributed by atoms with Gasteiger partial charge >= 0.3 is 0 Å². The van der Waals surface area contributed by atoms with Gasteiger partial charge in [0.05, 0.1) is 16.9 Å². The van der Waals surface area contributed by atoms with Crippen molar-refractivity contribution in [2.24, 2.45) is 0 Å². The van der Waals surface area contributed by atoms with Gasteiger partial charge in [-0.1, -0.05) is 35.9 Å². The van der Waals surface area contributed by atoms with Gasteiger partial charge < -0.3 is 9.90 Å². The van der Waals surface area contributed by atoms with Crippen LogP contribution in [0.2, 0.25) is 5.02 Å². The molecule has 0 unspecified atom stereocenters. The number of imide groups is 1. The van der Waals surface area contributed by atoms with E-state index >= 15 is 0 Å². The molecule has 25 heavy (non-hydrogen) atoms. The van der Waals surface area contributed by atoms with Gasteiger partial charge in [-0.25, -0.2) is 4.90 Å². The smallest absolute Gasteiger partial charge is 0.247 e. The fourth-order valence-electron chi connectivity index (χ4n) is 2.68. The first-order chi connectivity index (χ1) is 11.9. The molecule has 1 atom stereocenters. The summed E-state index contributed by atoms with van der Waals surface area (Å²) < 4.78 is 0. The van der Waals surface area contributed by atoms with E-state index in [0.717, 1.165) is 16.7 Å². The zero-order valence-corrected chi connectivity index (χ0v) is 14.8. The molecule has 128 valence electrons. The molecular weight excluding hydrogens is 362 g/mol. The van der Waals surface area contributed by atoms with Crippen molar-refractivity contribution in [3.05, 3.63) is 58.6 Å². The van der Waals surface area contributed by atoms with Crippen LogP contribution in [-0.4, -0.2) is 23.0 Å². The lowest BCUT2D eigenvalue weighted by molar-refractivity contribution is -0.255. The van der Waals surface area contributed by atoms with Gasteiger partial charge in [0.2, 0.25) is 11.8 Å². The summed E-state index contributed by atoms with van der Waals surface area (Å²) in [6.07, 6.45) is -0.00314. The van der Waals surface area contributed by atoms with Crippen LogP contribution in [0.5, 0.6) is 0 Å². The normalized spacial score (nSPS) is 17.2. The third-order valence-electron chi connectivity index (χ3n) is 3.96. The largest absolute Gasteiger partial charge is 0.545 e. The molecule has 1 saturated heterocycles. The standard InChI is InChI=1S/C18H14ClNO4S/c1-10-12(19)6-4-7-13(10)20-16(21)9-15(17(20)22)25-14-8-3-2-5-11(14)18(23)24/h2-8,15H,9H2,1H3,(H,23,24)/p-1/t15-/m1/s1. The number of hydrogen-bond acceptors (Lipinski definition) is 5. The minimum atomic E-state index is -1.32. The molecular formula is C18H13ClNO4S-. The summed E-state index contributed by atoms with van der Waals surface area (Å²) >= 11 is 7.14. The Morgan fingerprint density at radius 1 is 1.20 bits per heavy atom. The lowest BCUT2D eigenvalue weighted by Gasteiger charge is -2.18. The number of nitrogens with zero attached hydrogens (tertiary/aromatic N) is 1. The quantitative estimate of drug-likeness (QED) is 0.768. The highest BCUT2D eigenvalue weighted by Gasteiger charge is 2.41. The van der Waals surface area contributed by atoms with Gasteiger partial charge in [-0.3, -0.25) is 9.59 Å². The summed E-state index contributed by atoms with van der Waals surface area (Å²) in [5.41, 5.74) is 1.11. The minimum absolute atomic E-state index is 0.00314. The molecule has 0 aromatic heterocycles. The van der Waals surface area contributed by atoms with Crippen LogP contribution < -0.4 is 10.0 Å². The minimum Gasteiger partial charge on any atom is -0.545 e. The number of halogens is 1. The van der Waals surface area contributed by atoms with E-state index in [1.165, 1.54) is 6.07 Å². The number of carboxylic acid groups (broad SMARTS) is 1. The summed E-state index contributed by atoms with van der Waals surface area (Å²) in [6, 6.07) is 11.3.